The summed E-state index contributed by atoms with van der Waals surface area (Å²) in [6.07, 6.45) is 0.452. The molecule has 2 heterocycles. The number of amides is 2. The highest BCUT2D eigenvalue weighted by atomic mass is 28.4. The second kappa shape index (κ2) is 23.3. The fourth-order valence-corrected chi connectivity index (χ4v) is 15.7. The normalized spacial score (nSPS) is 18.7. The molecule has 12 heteroatoms. The number of ether oxygens (including phenoxy) is 6. The van der Waals surface area contributed by atoms with Gasteiger partial charge in [-0.25, -0.2) is 4.79 Å². The molecule has 2 aliphatic heterocycles. The highest BCUT2D eigenvalue weighted by molar-refractivity contribution is 6.77. The molecule has 2 aliphatic rings. The van der Waals surface area contributed by atoms with Crippen LogP contribution in [0, 0.1) is 0 Å². The van der Waals surface area contributed by atoms with Crippen molar-refractivity contribution in [2.45, 2.75) is 134 Å². The number of para-hydroxylation sites is 1. The van der Waals surface area contributed by atoms with Gasteiger partial charge in [0.05, 0.1) is 57.2 Å². The molecule has 0 aliphatic carbocycles. The van der Waals surface area contributed by atoms with E-state index in [1.807, 2.05) is 86.6 Å². The third kappa shape index (κ3) is 12.0. The van der Waals surface area contributed by atoms with Crippen molar-refractivity contribution >= 4 is 26.0 Å². The minimum absolute atomic E-state index is 0.0264. The first-order valence-electron chi connectivity index (χ1n) is 23.9. The van der Waals surface area contributed by atoms with Crippen molar-refractivity contribution in [1.82, 2.24) is 4.90 Å². The van der Waals surface area contributed by atoms with Crippen LogP contribution in [0.2, 0.25) is 16.6 Å². The molecule has 11 nitrogen and oxygen atoms in total. The summed E-state index contributed by atoms with van der Waals surface area (Å²) in [5.74, 6) is 1.30. The number of piperidine rings is 1. The number of carbonyl (C=O) groups excluding carboxylic acids is 2. The summed E-state index contributed by atoms with van der Waals surface area (Å²) < 4.78 is 44.4. The van der Waals surface area contributed by atoms with E-state index in [4.69, 9.17) is 32.8 Å². The van der Waals surface area contributed by atoms with Crippen molar-refractivity contribution in [1.29, 1.82) is 0 Å². The summed E-state index contributed by atoms with van der Waals surface area (Å²) in [6.45, 7) is 20.5. The molecule has 66 heavy (non-hydrogen) atoms. The van der Waals surface area contributed by atoms with Crippen LogP contribution in [0.4, 0.5) is 10.5 Å². The van der Waals surface area contributed by atoms with Crippen molar-refractivity contribution in [2.24, 2.45) is 0 Å². The van der Waals surface area contributed by atoms with Crippen LogP contribution in [0.15, 0.2) is 97.1 Å². The maximum Gasteiger partial charge on any atom is 0.410 e. The van der Waals surface area contributed by atoms with Crippen LogP contribution < -0.4 is 14.8 Å². The SMILES string of the molecule is COCCCC(O[C@H]1CN(C(=O)OCc2ccccc2)C[C@@H](O[Si](C(C)C)(C(C)C)C(C)C)[C@@H]1c1ccc(OCCCOCc2ccccc2OC)cc1)c1ccc2c(c1)NC(=O)C2(C)C. The van der Waals surface area contributed by atoms with Crippen molar-refractivity contribution in [3.63, 3.8) is 0 Å². The molecule has 4 aromatic rings. The van der Waals surface area contributed by atoms with E-state index in [1.54, 1.807) is 19.1 Å². The molecule has 0 saturated carbocycles. The molecule has 1 N–H and O–H groups in total. The smallest absolute Gasteiger partial charge is 0.410 e. The predicted octanol–water partition coefficient (Wildman–Crippen LogP) is 11.8. The predicted molar refractivity (Wildman–Crippen MR) is 263 cm³/mol. The van der Waals surface area contributed by atoms with E-state index in [9.17, 15) is 9.59 Å². The van der Waals surface area contributed by atoms with Crippen LogP contribution >= 0.6 is 0 Å². The number of nitrogens with one attached hydrogen (secondary N) is 1. The number of methoxy groups -OCH3 is 2. The van der Waals surface area contributed by atoms with Crippen molar-refractivity contribution in [3.8, 4) is 11.5 Å². The summed E-state index contributed by atoms with van der Waals surface area (Å²) in [7, 11) is 0.860. The Bertz CT molecular complexity index is 2140. The van der Waals surface area contributed by atoms with Gasteiger partial charge >= 0.3 is 6.09 Å². The van der Waals surface area contributed by atoms with Gasteiger partial charge in [-0.05, 0) is 89.8 Å². The maximum absolute atomic E-state index is 14.3. The monoisotopic (exact) mass is 923 g/mol. The number of anilines is 1. The number of nitrogens with zero attached hydrogens (tertiary/aromatic N) is 1. The molecule has 4 atom stereocenters. The highest BCUT2D eigenvalue weighted by Crippen LogP contribution is 2.47. The van der Waals surface area contributed by atoms with Crippen molar-refractivity contribution in [3.05, 3.63) is 125 Å². The van der Waals surface area contributed by atoms with Gasteiger partial charge in [0.15, 0.2) is 0 Å². The first kappa shape index (κ1) is 50.7. The van der Waals surface area contributed by atoms with Gasteiger partial charge in [0.2, 0.25) is 14.2 Å². The molecule has 1 unspecified atom stereocenters. The lowest BCUT2D eigenvalue weighted by molar-refractivity contribution is -0.119. The number of likely N-dealkylation sites (tertiary alicyclic amines) is 1. The van der Waals surface area contributed by atoms with Crippen molar-refractivity contribution < 1.29 is 42.4 Å². The van der Waals surface area contributed by atoms with E-state index in [-0.39, 0.29) is 24.5 Å². The summed E-state index contributed by atoms with van der Waals surface area (Å²) in [5.41, 5.74) is 5.97. The zero-order valence-corrected chi connectivity index (χ0v) is 42.0. The Morgan fingerprint density at radius 2 is 1.47 bits per heavy atom. The highest BCUT2D eigenvalue weighted by Gasteiger charge is 2.51. The number of rotatable bonds is 23. The van der Waals surface area contributed by atoms with Gasteiger partial charge in [0, 0.05) is 43.9 Å². The number of hydrogen-bond donors (Lipinski definition) is 1. The van der Waals surface area contributed by atoms with Crippen molar-refractivity contribution in [2.75, 3.05) is 52.4 Å². The zero-order chi connectivity index (χ0) is 47.4. The lowest BCUT2D eigenvalue weighted by atomic mass is 9.84. The standard InChI is InChI=1S/C54H74N2O9Si/c1-37(2)66(38(3)4,39(5)6)65-50-34-56(53(58)63-35-40-18-12-11-13-19-40)33-49(64-48(22-16-29-59-9)42-25-28-45-46(32-42)55-52(57)54(45,7)8)51(50)41-23-26-44(27-24-41)62-31-17-30-61-36-43-20-14-15-21-47(43)60-10/h11-15,18-21,23-28,32,37-39,48-51H,16-17,22,29-31,33-36H2,1-10H3,(H,55,57)/t48?,49-,50+,51+/m0/s1. The molecular weight excluding hydrogens is 849 g/mol. The Hall–Kier alpha value is -4.72. The molecule has 0 aromatic heterocycles. The average molecular weight is 923 g/mol. The lowest BCUT2D eigenvalue weighted by Gasteiger charge is -2.51. The molecule has 2 amide bonds. The number of benzene rings is 4. The van der Waals surface area contributed by atoms with Gasteiger partial charge in [0.25, 0.3) is 0 Å². The fourth-order valence-electron chi connectivity index (χ4n) is 10.2. The minimum atomic E-state index is -2.52. The Kier molecular flexibility index (Phi) is 17.9. The largest absolute Gasteiger partial charge is 0.496 e. The third-order valence-electron chi connectivity index (χ3n) is 13.6. The van der Waals surface area contributed by atoms with E-state index in [1.165, 1.54) is 0 Å². The average Bonchev–Trinajstić information content (AvgIpc) is 3.54. The van der Waals surface area contributed by atoms with E-state index in [0.29, 0.717) is 62.6 Å². The van der Waals surface area contributed by atoms with Gasteiger partial charge in [-0.1, -0.05) is 114 Å². The third-order valence-corrected chi connectivity index (χ3v) is 19.7. The maximum atomic E-state index is 14.3. The topological polar surface area (TPSA) is 114 Å². The Balaban J connectivity index is 1.32. The van der Waals surface area contributed by atoms with Crippen LogP contribution in [-0.4, -0.2) is 84.6 Å². The van der Waals surface area contributed by atoms with Gasteiger partial charge in [0.1, 0.15) is 18.1 Å². The second-order valence-electron chi connectivity index (χ2n) is 19.3. The molecule has 4 aromatic carbocycles. The molecule has 1 saturated heterocycles. The fraction of sp³-hybridized carbons (Fsp3) is 0.519. The second-order valence-corrected chi connectivity index (χ2v) is 24.7. The minimum Gasteiger partial charge on any atom is -0.496 e. The lowest BCUT2D eigenvalue weighted by Crippen LogP contribution is -2.60. The molecule has 0 radical (unpaired) electrons. The summed E-state index contributed by atoms with van der Waals surface area (Å²) in [4.78, 5) is 29.1. The number of fused-ring (bicyclic) bond motifs is 1. The first-order valence-corrected chi connectivity index (χ1v) is 26.0. The first-order chi connectivity index (χ1) is 31.7. The van der Waals surface area contributed by atoms with E-state index < -0.39 is 32.0 Å². The summed E-state index contributed by atoms with van der Waals surface area (Å²) in [5, 5.41) is 3.12. The van der Waals surface area contributed by atoms with Crippen LogP contribution in [0.3, 0.4) is 0 Å². The van der Waals surface area contributed by atoms with Gasteiger partial charge < -0.3 is 43.1 Å². The van der Waals surface area contributed by atoms with Gasteiger partial charge in [-0.3, -0.25) is 4.79 Å². The van der Waals surface area contributed by atoms with Crippen LogP contribution in [-0.2, 0) is 46.8 Å². The summed E-state index contributed by atoms with van der Waals surface area (Å²) >= 11 is 0. The van der Waals surface area contributed by atoms with Crippen LogP contribution in [0.5, 0.6) is 11.5 Å². The molecular formula is C54H74N2O9Si. The van der Waals surface area contributed by atoms with Gasteiger partial charge in [-0.2, -0.15) is 0 Å². The zero-order valence-electron chi connectivity index (χ0n) is 41.0. The van der Waals surface area contributed by atoms with Crippen LogP contribution in [0.25, 0.3) is 0 Å². The Morgan fingerprint density at radius 1 is 0.788 bits per heavy atom. The Labute approximate surface area is 394 Å². The van der Waals surface area contributed by atoms with E-state index in [0.717, 1.165) is 57.8 Å². The quantitative estimate of drug-likeness (QED) is 0.0574. The van der Waals surface area contributed by atoms with Gasteiger partial charge in [-0.15, -0.1) is 0 Å². The number of carbonyl (C=O) groups is 2. The van der Waals surface area contributed by atoms with E-state index >= 15 is 0 Å². The number of hydrogen-bond acceptors (Lipinski definition) is 9. The molecule has 6 rings (SSSR count). The Morgan fingerprint density at radius 3 is 2.15 bits per heavy atom. The van der Waals surface area contributed by atoms with E-state index in [2.05, 4.69) is 71.1 Å². The summed E-state index contributed by atoms with van der Waals surface area (Å²) in [6, 6.07) is 32.1. The molecule has 358 valence electrons. The van der Waals surface area contributed by atoms with Crippen LogP contribution in [0.1, 0.15) is 114 Å². The molecule has 0 spiro atoms. The molecule has 0 bridgehead atoms. The molecule has 1 fully saturated rings.